The summed E-state index contributed by atoms with van der Waals surface area (Å²) in [6.45, 7) is 1.53. The van der Waals surface area contributed by atoms with Crippen LogP contribution in [0, 0.1) is 11.3 Å². The molecule has 4 nitrogen and oxygen atoms in total. The van der Waals surface area contributed by atoms with E-state index < -0.39 is 0 Å². The number of nitrogens with zero attached hydrogens (tertiary/aromatic N) is 1. The minimum absolute atomic E-state index is 0.406. The molecule has 0 N–H and O–H groups in total. The molecule has 1 aromatic carbocycles. The molecule has 0 radical (unpaired) electrons. The third-order valence-electron chi connectivity index (χ3n) is 3.21. The van der Waals surface area contributed by atoms with Gasteiger partial charge in [-0.1, -0.05) is 0 Å². The first-order chi connectivity index (χ1) is 9.31. The number of hydrogen-bond acceptors (Lipinski definition) is 4. The molecule has 0 saturated carbocycles. The number of nitriles is 1. The van der Waals surface area contributed by atoms with Crippen LogP contribution in [0.3, 0.4) is 0 Å². The van der Waals surface area contributed by atoms with Crippen molar-refractivity contribution in [2.24, 2.45) is 0 Å². The van der Waals surface area contributed by atoms with Gasteiger partial charge in [0.1, 0.15) is 11.5 Å². The van der Waals surface area contributed by atoms with Gasteiger partial charge in [0.25, 0.3) is 0 Å². The van der Waals surface area contributed by atoms with E-state index in [4.69, 9.17) is 19.5 Å². The second-order valence-corrected chi connectivity index (χ2v) is 4.63. The first kappa shape index (κ1) is 13.7. The molecule has 1 heterocycles. The van der Waals surface area contributed by atoms with Crippen LogP contribution in [-0.4, -0.2) is 26.4 Å². The lowest BCUT2D eigenvalue weighted by atomic mass is 10.1. The Labute approximate surface area is 113 Å². The van der Waals surface area contributed by atoms with E-state index in [1.807, 2.05) is 0 Å². The molecule has 1 aliphatic rings. The summed E-state index contributed by atoms with van der Waals surface area (Å²) in [5.41, 5.74) is 0.550. The van der Waals surface area contributed by atoms with Crippen molar-refractivity contribution in [3.63, 3.8) is 0 Å². The molecule has 4 heteroatoms. The maximum atomic E-state index is 8.92. The van der Waals surface area contributed by atoms with Crippen LogP contribution in [0.5, 0.6) is 11.5 Å². The monoisotopic (exact) mass is 261 g/mol. The van der Waals surface area contributed by atoms with Gasteiger partial charge in [-0.15, -0.1) is 0 Å². The molecular weight excluding hydrogens is 242 g/mol. The van der Waals surface area contributed by atoms with E-state index in [0.29, 0.717) is 29.8 Å². The van der Waals surface area contributed by atoms with E-state index in [2.05, 4.69) is 6.07 Å². The van der Waals surface area contributed by atoms with Gasteiger partial charge in [0.2, 0.25) is 0 Å². The third-order valence-corrected chi connectivity index (χ3v) is 3.21. The van der Waals surface area contributed by atoms with Crippen molar-refractivity contribution in [3.8, 4) is 17.6 Å². The molecule has 1 unspecified atom stereocenters. The lowest BCUT2D eigenvalue weighted by Gasteiger charge is -2.11. The summed E-state index contributed by atoms with van der Waals surface area (Å²) in [6, 6.07) is 7.32. The van der Waals surface area contributed by atoms with Gasteiger partial charge >= 0.3 is 0 Å². The molecule has 0 aliphatic carbocycles. The van der Waals surface area contributed by atoms with Gasteiger partial charge in [-0.3, -0.25) is 0 Å². The van der Waals surface area contributed by atoms with Crippen LogP contribution in [0.15, 0.2) is 18.2 Å². The predicted molar refractivity (Wildman–Crippen MR) is 71.4 cm³/mol. The smallest absolute Gasteiger partial charge is 0.124 e. The molecule has 0 spiro atoms. The zero-order valence-electron chi connectivity index (χ0n) is 11.2. The van der Waals surface area contributed by atoms with E-state index in [-0.39, 0.29) is 0 Å². The van der Waals surface area contributed by atoms with Crippen molar-refractivity contribution >= 4 is 0 Å². The fourth-order valence-corrected chi connectivity index (χ4v) is 2.21. The first-order valence-corrected chi connectivity index (χ1v) is 6.65. The van der Waals surface area contributed by atoms with Crippen molar-refractivity contribution in [3.05, 3.63) is 23.8 Å². The topological polar surface area (TPSA) is 51.5 Å². The van der Waals surface area contributed by atoms with Crippen LogP contribution < -0.4 is 9.47 Å². The highest BCUT2D eigenvalue weighted by Crippen LogP contribution is 2.23. The molecule has 1 aliphatic heterocycles. The summed E-state index contributed by atoms with van der Waals surface area (Å²) < 4.78 is 16.4. The Morgan fingerprint density at radius 2 is 2.21 bits per heavy atom. The van der Waals surface area contributed by atoms with Gasteiger partial charge in [0, 0.05) is 12.7 Å². The Kier molecular flexibility index (Phi) is 5.05. The molecule has 0 aromatic heterocycles. The van der Waals surface area contributed by atoms with Crippen LogP contribution in [-0.2, 0) is 4.74 Å². The summed E-state index contributed by atoms with van der Waals surface area (Å²) in [5.74, 6) is 1.33. The van der Waals surface area contributed by atoms with Crippen LogP contribution in [0.25, 0.3) is 0 Å². The molecule has 1 fully saturated rings. The Balaban J connectivity index is 1.80. The zero-order chi connectivity index (χ0) is 13.5. The van der Waals surface area contributed by atoms with E-state index >= 15 is 0 Å². The lowest BCUT2D eigenvalue weighted by molar-refractivity contribution is 0.0981. The predicted octanol–water partition coefficient (Wildman–Crippen LogP) is 2.90. The second-order valence-electron chi connectivity index (χ2n) is 4.63. The van der Waals surface area contributed by atoms with Crippen LogP contribution in [0.4, 0.5) is 0 Å². The quantitative estimate of drug-likeness (QED) is 0.739. The Hall–Kier alpha value is -1.73. The van der Waals surface area contributed by atoms with Crippen molar-refractivity contribution in [2.75, 3.05) is 20.3 Å². The van der Waals surface area contributed by atoms with Gasteiger partial charge in [-0.25, -0.2) is 0 Å². The van der Waals surface area contributed by atoms with Crippen molar-refractivity contribution in [1.82, 2.24) is 0 Å². The summed E-state index contributed by atoms with van der Waals surface area (Å²) >= 11 is 0. The number of methoxy groups -OCH3 is 1. The largest absolute Gasteiger partial charge is 0.497 e. The van der Waals surface area contributed by atoms with Crippen LogP contribution in [0.1, 0.15) is 31.2 Å². The average molecular weight is 261 g/mol. The van der Waals surface area contributed by atoms with Gasteiger partial charge in [0.05, 0.1) is 31.5 Å². The molecule has 2 rings (SSSR count). The number of benzene rings is 1. The molecule has 1 saturated heterocycles. The lowest BCUT2D eigenvalue weighted by Crippen LogP contribution is -2.07. The maximum absolute atomic E-state index is 8.92. The summed E-state index contributed by atoms with van der Waals surface area (Å²) in [5, 5.41) is 8.92. The number of rotatable bonds is 6. The molecular formula is C15H19NO3. The molecule has 19 heavy (non-hydrogen) atoms. The van der Waals surface area contributed by atoms with Gasteiger partial charge in [-0.05, 0) is 37.8 Å². The molecule has 1 atom stereocenters. The highest BCUT2D eigenvalue weighted by atomic mass is 16.5. The molecule has 1 aromatic rings. The minimum atomic E-state index is 0.406. The molecule has 0 amide bonds. The Morgan fingerprint density at radius 1 is 1.37 bits per heavy atom. The Morgan fingerprint density at radius 3 is 2.89 bits per heavy atom. The third kappa shape index (κ3) is 4.15. The fraction of sp³-hybridized carbons (Fsp3) is 0.533. The van der Waals surface area contributed by atoms with Crippen LogP contribution >= 0.6 is 0 Å². The Bertz CT molecular complexity index is 447. The number of ether oxygens (including phenoxy) is 3. The van der Waals surface area contributed by atoms with E-state index in [1.165, 1.54) is 6.42 Å². The van der Waals surface area contributed by atoms with E-state index in [1.54, 1.807) is 25.3 Å². The average Bonchev–Trinajstić information content (AvgIpc) is 2.96. The van der Waals surface area contributed by atoms with Crippen molar-refractivity contribution < 1.29 is 14.2 Å². The summed E-state index contributed by atoms with van der Waals surface area (Å²) in [4.78, 5) is 0. The van der Waals surface area contributed by atoms with Gasteiger partial charge in [-0.2, -0.15) is 5.26 Å². The standard InChI is InChI=1S/C15H19NO3/c1-17-14-8-12(11-16)9-15(10-14)19-7-3-5-13-4-2-6-18-13/h8-10,13H,2-7H2,1H3. The number of hydrogen-bond donors (Lipinski definition) is 0. The fourth-order valence-electron chi connectivity index (χ4n) is 2.21. The second kappa shape index (κ2) is 7.01. The van der Waals surface area contributed by atoms with Gasteiger partial charge < -0.3 is 14.2 Å². The highest BCUT2D eigenvalue weighted by Gasteiger charge is 2.14. The molecule has 0 bridgehead atoms. The van der Waals surface area contributed by atoms with E-state index in [0.717, 1.165) is 25.9 Å². The normalized spacial score (nSPS) is 18.0. The summed E-state index contributed by atoms with van der Waals surface area (Å²) in [6.07, 6.45) is 4.74. The van der Waals surface area contributed by atoms with Crippen molar-refractivity contribution in [2.45, 2.75) is 31.8 Å². The van der Waals surface area contributed by atoms with Gasteiger partial charge in [0.15, 0.2) is 0 Å². The maximum Gasteiger partial charge on any atom is 0.124 e. The van der Waals surface area contributed by atoms with Crippen LogP contribution in [0.2, 0.25) is 0 Å². The SMILES string of the molecule is COc1cc(C#N)cc(OCCCC2CCCO2)c1. The zero-order valence-corrected chi connectivity index (χ0v) is 11.2. The van der Waals surface area contributed by atoms with E-state index in [9.17, 15) is 0 Å². The minimum Gasteiger partial charge on any atom is -0.497 e. The molecule has 102 valence electrons. The highest BCUT2D eigenvalue weighted by molar-refractivity contribution is 5.43. The van der Waals surface area contributed by atoms with Crippen molar-refractivity contribution in [1.29, 1.82) is 5.26 Å². The summed E-state index contributed by atoms with van der Waals surface area (Å²) in [7, 11) is 1.58. The first-order valence-electron chi connectivity index (χ1n) is 6.65.